The van der Waals surface area contributed by atoms with Crippen molar-refractivity contribution < 1.29 is 66.2 Å². The maximum atomic E-state index is 13.2. The standard InChI is InChI=1S/C11H8F14O/c1-2-3-26-4-6(13,14)5(12)7(15,16)8(17,18)9(19,20)10(21,22)11(23,24)25/h2,5H,1,3-4H2. The van der Waals surface area contributed by atoms with Gasteiger partial charge in [0.25, 0.3) is 0 Å². The highest BCUT2D eigenvalue weighted by Crippen LogP contribution is 2.59. The zero-order valence-electron chi connectivity index (χ0n) is 12.0. The summed E-state index contributed by atoms with van der Waals surface area (Å²) in [5.74, 6) is -36.6. The monoisotopic (exact) mass is 422 g/mol. The van der Waals surface area contributed by atoms with Gasteiger partial charge in [-0.2, -0.15) is 48.3 Å². The second kappa shape index (κ2) is 7.03. The predicted octanol–water partition coefficient (Wildman–Crippen LogP) is 5.27. The van der Waals surface area contributed by atoms with E-state index < -0.39 is 55.2 Å². The molecule has 0 aromatic heterocycles. The van der Waals surface area contributed by atoms with Gasteiger partial charge in [0.15, 0.2) is 0 Å². The first-order valence-electron chi connectivity index (χ1n) is 6.00. The number of rotatable bonds is 9. The van der Waals surface area contributed by atoms with Crippen LogP contribution in [0.25, 0.3) is 0 Å². The molecule has 0 radical (unpaired) electrons. The minimum atomic E-state index is -7.97. The summed E-state index contributed by atoms with van der Waals surface area (Å²) in [5, 5.41) is 0. The lowest BCUT2D eigenvalue weighted by atomic mass is 9.93. The summed E-state index contributed by atoms with van der Waals surface area (Å²) in [5.41, 5.74) is 0. The van der Waals surface area contributed by atoms with Crippen LogP contribution in [-0.2, 0) is 4.74 Å². The molecule has 0 aromatic rings. The van der Waals surface area contributed by atoms with Crippen LogP contribution in [0.1, 0.15) is 0 Å². The number of alkyl halides is 14. The quantitative estimate of drug-likeness (QED) is 0.280. The van der Waals surface area contributed by atoms with Crippen molar-refractivity contribution in [2.75, 3.05) is 13.2 Å². The summed E-state index contributed by atoms with van der Waals surface area (Å²) < 4.78 is 182. The van der Waals surface area contributed by atoms with Crippen LogP contribution >= 0.6 is 0 Å². The molecular weight excluding hydrogens is 414 g/mol. The summed E-state index contributed by atoms with van der Waals surface area (Å²) in [6, 6.07) is 0. The first-order valence-corrected chi connectivity index (χ1v) is 6.00. The molecule has 0 N–H and O–H groups in total. The van der Waals surface area contributed by atoms with E-state index >= 15 is 0 Å². The summed E-state index contributed by atoms with van der Waals surface area (Å²) in [4.78, 5) is 0. The van der Waals surface area contributed by atoms with Gasteiger partial charge < -0.3 is 4.74 Å². The summed E-state index contributed by atoms with van der Waals surface area (Å²) >= 11 is 0. The topological polar surface area (TPSA) is 9.23 Å². The van der Waals surface area contributed by atoms with Gasteiger partial charge in [-0.1, -0.05) is 6.08 Å². The Labute approximate surface area is 135 Å². The van der Waals surface area contributed by atoms with Crippen molar-refractivity contribution in [1.82, 2.24) is 0 Å². The fourth-order valence-electron chi connectivity index (χ4n) is 1.36. The lowest BCUT2D eigenvalue weighted by Gasteiger charge is -2.39. The highest BCUT2D eigenvalue weighted by molar-refractivity contribution is 5.10. The average Bonchev–Trinajstić information content (AvgIpc) is 2.44. The van der Waals surface area contributed by atoms with Gasteiger partial charge in [-0.25, -0.2) is 13.2 Å². The lowest BCUT2D eigenvalue weighted by Crippen LogP contribution is -2.70. The Morgan fingerprint density at radius 1 is 0.731 bits per heavy atom. The van der Waals surface area contributed by atoms with Crippen LogP contribution in [0, 0.1) is 0 Å². The van der Waals surface area contributed by atoms with Gasteiger partial charge in [-0.3, -0.25) is 0 Å². The smallest absolute Gasteiger partial charge is 0.371 e. The fraction of sp³-hybridized carbons (Fsp3) is 0.818. The van der Waals surface area contributed by atoms with E-state index in [4.69, 9.17) is 0 Å². The second-order valence-corrected chi connectivity index (χ2v) is 4.77. The number of halogens is 14. The largest absolute Gasteiger partial charge is 0.460 e. The van der Waals surface area contributed by atoms with Gasteiger partial charge in [-0.15, -0.1) is 6.58 Å². The normalized spacial score (nSPS) is 16.5. The molecule has 0 bridgehead atoms. The van der Waals surface area contributed by atoms with Crippen LogP contribution in [0.15, 0.2) is 12.7 Å². The summed E-state index contributed by atoms with van der Waals surface area (Å²) in [6.07, 6.45) is -12.4. The molecule has 0 aromatic carbocycles. The van der Waals surface area contributed by atoms with Crippen LogP contribution in [0.4, 0.5) is 61.5 Å². The van der Waals surface area contributed by atoms with Crippen LogP contribution in [0.3, 0.4) is 0 Å². The molecule has 0 aliphatic heterocycles. The summed E-state index contributed by atoms with van der Waals surface area (Å²) in [7, 11) is 0. The third kappa shape index (κ3) is 3.86. The molecule has 0 rings (SSSR count). The van der Waals surface area contributed by atoms with Crippen LogP contribution in [0.5, 0.6) is 0 Å². The Balaban J connectivity index is 5.97. The van der Waals surface area contributed by atoms with Crippen LogP contribution in [0.2, 0.25) is 0 Å². The number of hydrogen-bond donors (Lipinski definition) is 0. The predicted molar refractivity (Wildman–Crippen MR) is 56.7 cm³/mol. The molecule has 0 aliphatic carbocycles. The highest BCUT2D eigenvalue weighted by Gasteiger charge is 2.89. The molecule has 0 saturated carbocycles. The van der Waals surface area contributed by atoms with E-state index in [0.29, 0.717) is 6.08 Å². The van der Waals surface area contributed by atoms with E-state index in [1.54, 1.807) is 0 Å². The molecule has 1 nitrogen and oxygen atoms in total. The van der Waals surface area contributed by atoms with Crippen molar-refractivity contribution in [2.24, 2.45) is 0 Å². The van der Waals surface area contributed by atoms with E-state index in [1.807, 2.05) is 0 Å². The van der Waals surface area contributed by atoms with E-state index in [9.17, 15) is 61.5 Å². The molecule has 0 heterocycles. The molecule has 156 valence electrons. The van der Waals surface area contributed by atoms with Crippen molar-refractivity contribution in [3.8, 4) is 0 Å². The average molecular weight is 422 g/mol. The maximum Gasteiger partial charge on any atom is 0.460 e. The first-order chi connectivity index (χ1) is 11.2. The van der Waals surface area contributed by atoms with Crippen molar-refractivity contribution in [3.63, 3.8) is 0 Å². The fourth-order valence-corrected chi connectivity index (χ4v) is 1.36. The van der Waals surface area contributed by atoms with E-state index in [0.717, 1.165) is 0 Å². The number of hydrogen-bond acceptors (Lipinski definition) is 1. The molecule has 0 spiro atoms. The zero-order chi connectivity index (χ0) is 21.4. The first kappa shape index (κ1) is 24.7. The SMILES string of the molecule is C=CCOCC(F)(F)C(F)C(F)(F)C(F)(F)C(F)(F)C(F)(F)C(F)(F)F. The van der Waals surface area contributed by atoms with Gasteiger partial charge in [0.1, 0.15) is 6.61 Å². The molecule has 26 heavy (non-hydrogen) atoms. The Morgan fingerprint density at radius 2 is 1.15 bits per heavy atom. The van der Waals surface area contributed by atoms with Gasteiger partial charge in [-0.05, 0) is 0 Å². The Kier molecular flexibility index (Phi) is 6.69. The van der Waals surface area contributed by atoms with Crippen molar-refractivity contribution in [3.05, 3.63) is 12.7 Å². The highest BCUT2D eigenvalue weighted by atomic mass is 19.4. The summed E-state index contributed by atoms with van der Waals surface area (Å²) in [6.45, 7) is -0.404. The zero-order valence-corrected chi connectivity index (χ0v) is 12.0. The molecule has 0 aliphatic rings. The van der Waals surface area contributed by atoms with Gasteiger partial charge in [0.05, 0.1) is 6.61 Å². The van der Waals surface area contributed by atoms with Crippen LogP contribution < -0.4 is 0 Å². The van der Waals surface area contributed by atoms with Gasteiger partial charge >= 0.3 is 35.8 Å². The molecule has 0 amide bonds. The molecular formula is C11H8F14O. The minimum absolute atomic E-state index is 0.702. The third-order valence-corrected chi connectivity index (χ3v) is 2.78. The Hall–Kier alpha value is -1.28. The van der Waals surface area contributed by atoms with Crippen molar-refractivity contribution in [1.29, 1.82) is 0 Å². The van der Waals surface area contributed by atoms with Crippen LogP contribution in [-0.4, -0.2) is 55.2 Å². The van der Waals surface area contributed by atoms with Gasteiger partial charge in [0.2, 0.25) is 6.17 Å². The molecule has 0 fully saturated rings. The minimum Gasteiger partial charge on any atom is -0.371 e. The van der Waals surface area contributed by atoms with E-state index in [2.05, 4.69) is 11.3 Å². The Morgan fingerprint density at radius 3 is 1.50 bits per heavy atom. The van der Waals surface area contributed by atoms with E-state index in [1.165, 1.54) is 0 Å². The van der Waals surface area contributed by atoms with Gasteiger partial charge in [0, 0.05) is 0 Å². The molecule has 15 heteroatoms. The van der Waals surface area contributed by atoms with E-state index in [-0.39, 0.29) is 0 Å². The maximum absolute atomic E-state index is 13.2. The van der Waals surface area contributed by atoms with Crippen molar-refractivity contribution >= 4 is 0 Å². The molecule has 1 atom stereocenters. The lowest BCUT2D eigenvalue weighted by molar-refractivity contribution is -0.431. The molecule has 0 saturated heterocycles. The third-order valence-electron chi connectivity index (χ3n) is 2.78. The second-order valence-electron chi connectivity index (χ2n) is 4.77. The number of ether oxygens (including phenoxy) is 1. The molecule has 1 unspecified atom stereocenters. The van der Waals surface area contributed by atoms with Crippen molar-refractivity contribution in [2.45, 2.75) is 42.0 Å². The Bertz CT molecular complexity index is 494.